The van der Waals surface area contributed by atoms with Gasteiger partial charge in [0.25, 0.3) is 11.8 Å². The Hall–Kier alpha value is -5.40. The smallest absolute Gasteiger partial charge is 0.272 e. The lowest BCUT2D eigenvalue weighted by molar-refractivity contribution is -0.113. The van der Waals surface area contributed by atoms with Crippen LogP contribution in [0.3, 0.4) is 0 Å². The molecule has 0 fully saturated rings. The van der Waals surface area contributed by atoms with Crippen LogP contribution in [0.2, 0.25) is 0 Å². The van der Waals surface area contributed by atoms with Crippen LogP contribution >= 0.6 is 11.8 Å². The molecule has 0 radical (unpaired) electrons. The zero-order valence-electron chi connectivity index (χ0n) is 24.0. The van der Waals surface area contributed by atoms with E-state index >= 15 is 0 Å². The van der Waals surface area contributed by atoms with Crippen molar-refractivity contribution in [1.29, 1.82) is 0 Å². The highest BCUT2D eigenvalue weighted by atomic mass is 32.2. The molecule has 5 aromatic carbocycles. The van der Waals surface area contributed by atoms with E-state index < -0.39 is 5.91 Å². The number of carbonyl (C=O) groups is 3. The van der Waals surface area contributed by atoms with Gasteiger partial charge in [0, 0.05) is 26.9 Å². The van der Waals surface area contributed by atoms with Crippen LogP contribution in [-0.2, 0) is 4.79 Å². The van der Waals surface area contributed by atoms with Crippen molar-refractivity contribution < 1.29 is 14.4 Å². The molecule has 0 saturated heterocycles. The average Bonchev–Trinajstić information content (AvgIpc) is 3.40. The summed E-state index contributed by atoms with van der Waals surface area (Å²) >= 11 is 1.44. The van der Waals surface area contributed by atoms with Gasteiger partial charge in [-0.25, -0.2) is 0 Å². The third-order valence-electron chi connectivity index (χ3n) is 7.22. The van der Waals surface area contributed by atoms with Crippen LogP contribution in [0.5, 0.6) is 0 Å². The van der Waals surface area contributed by atoms with Gasteiger partial charge < -0.3 is 10.6 Å². The molecule has 1 heterocycles. The second kappa shape index (κ2) is 12.9. The minimum Gasteiger partial charge on any atom is -0.321 e. The van der Waals surface area contributed by atoms with Crippen molar-refractivity contribution in [2.24, 2.45) is 0 Å². The number of aryl methyl sites for hydroxylation is 1. The Kier molecular flexibility index (Phi) is 8.39. The Morgan fingerprint density at radius 1 is 0.705 bits per heavy atom. The van der Waals surface area contributed by atoms with Crippen molar-refractivity contribution in [2.75, 3.05) is 11.1 Å². The minimum atomic E-state index is -0.447. The van der Waals surface area contributed by atoms with Crippen molar-refractivity contribution in [3.05, 3.63) is 150 Å². The van der Waals surface area contributed by atoms with Gasteiger partial charge in [-0.2, -0.15) is 0 Å². The first-order chi connectivity index (χ1) is 21.5. The van der Waals surface area contributed by atoms with Crippen LogP contribution < -0.4 is 10.6 Å². The summed E-state index contributed by atoms with van der Waals surface area (Å²) < 4.78 is 1.79. The van der Waals surface area contributed by atoms with E-state index in [-0.39, 0.29) is 23.3 Å². The van der Waals surface area contributed by atoms with E-state index in [0.29, 0.717) is 11.3 Å². The van der Waals surface area contributed by atoms with Crippen molar-refractivity contribution >= 4 is 63.1 Å². The van der Waals surface area contributed by atoms with Crippen LogP contribution in [0, 0.1) is 6.92 Å². The molecular formula is C37H29N3O3S. The molecule has 0 unspecified atom stereocenters. The maximum absolute atomic E-state index is 13.4. The van der Waals surface area contributed by atoms with E-state index in [9.17, 15) is 14.4 Å². The monoisotopic (exact) mass is 595 g/mol. The molecule has 6 rings (SSSR count). The second-order valence-corrected chi connectivity index (χ2v) is 11.4. The first-order valence-electron chi connectivity index (χ1n) is 14.2. The number of rotatable bonds is 8. The molecule has 7 heteroatoms. The fraction of sp³-hybridized carbons (Fsp3) is 0.0541. The third kappa shape index (κ3) is 6.33. The molecule has 0 aliphatic carbocycles. The molecule has 216 valence electrons. The SMILES string of the molecule is Cc1ccc(/C=C(\NC(=O)c2ccccc2)C(=O)Nc2ccc(SCC(=O)n3c4ccccc4c4ccccc43)cc2)cc1. The summed E-state index contributed by atoms with van der Waals surface area (Å²) in [6.07, 6.45) is 1.65. The first-order valence-corrected chi connectivity index (χ1v) is 15.2. The van der Waals surface area contributed by atoms with E-state index in [4.69, 9.17) is 0 Å². The van der Waals surface area contributed by atoms with E-state index in [1.165, 1.54) is 11.8 Å². The van der Waals surface area contributed by atoms with Crippen LogP contribution in [-0.4, -0.2) is 28.0 Å². The van der Waals surface area contributed by atoms with E-state index in [2.05, 4.69) is 10.6 Å². The maximum Gasteiger partial charge on any atom is 0.272 e. The Labute approximate surface area is 259 Å². The number of thioether (sulfide) groups is 1. The number of nitrogens with zero attached hydrogens (tertiary/aromatic N) is 1. The molecule has 2 amide bonds. The molecule has 6 aromatic rings. The van der Waals surface area contributed by atoms with Crippen molar-refractivity contribution in [3.8, 4) is 0 Å². The number of para-hydroxylation sites is 2. The van der Waals surface area contributed by atoms with Crippen LogP contribution in [0.25, 0.3) is 27.9 Å². The summed E-state index contributed by atoms with van der Waals surface area (Å²) in [5.74, 6) is -0.580. The number of hydrogen-bond donors (Lipinski definition) is 2. The van der Waals surface area contributed by atoms with Gasteiger partial charge in [-0.05, 0) is 67.1 Å². The number of carbonyl (C=O) groups excluding carboxylic acids is 3. The topological polar surface area (TPSA) is 80.2 Å². The zero-order valence-corrected chi connectivity index (χ0v) is 24.8. The highest BCUT2D eigenvalue weighted by Gasteiger charge is 2.17. The van der Waals surface area contributed by atoms with Crippen LogP contribution in [0.1, 0.15) is 26.3 Å². The number of nitrogens with one attached hydrogen (secondary N) is 2. The fourth-order valence-corrected chi connectivity index (χ4v) is 5.75. The third-order valence-corrected chi connectivity index (χ3v) is 8.22. The highest BCUT2D eigenvalue weighted by Crippen LogP contribution is 2.30. The Balaban J connectivity index is 1.15. The lowest BCUT2D eigenvalue weighted by Gasteiger charge is -2.12. The summed E-state index contributed by atoms with van der Waals surface area (Å²) in [7, 11) is 0. The minimum absolute atomic E-state index is 0.00942. The standard InChI is InChI=1S/C37H29N3O3S/c1-25-15-17-26(18-16-25)23-32(39-36(42)27-9-3-2-4-10-27)37(43)38-28-19-21-29(22-20-28)44-24-35(41)40-33-13-7-5-11-30(33)31-12-6-8-14-34(31)40/h2-23H,24H2,1H3,(H,38,43)(H,39,42)/b32-23-. The van der Waals surface area contributed by atoms with Gasteiger partial charge in [-0.15, -0.1) is 11.8 Å². The molecule has 44 heavy (non-hydrogen) atoms. The Bertz CT molecular complexity index is 1960. The van der Waals surface area contributed by atoms with Gasteiger partial charge in [0.05, 0.1) is 16.8 Å². The lowest BCUT2D eigenvalue weighted by Crippen LogP contribution is -2.30. The number of hydrogen-bond acceptors (Lipinski definition) is 4. The summed E-state index contributed by atoms with van der Waals surface area (Å²) in [6.45, 7) is 1.99. The molecule has 0 saturated carbocycles. The second-order valence-electron chi connectivity index (χ2n) is 10.3. The predicted octanol–water partition coefficient (Wildman–Crippen LogP) is 7.95. The summed E-state index contributed by atoms with van der Waals surface area (Å²) in [5, 5.41) is 7.75. The number of aromatic nitrogens is 1. The lowest BCUT2D eigenvalue weighted by atomic mass is 10.1. The molecule has 0 bridgehead atoms. The normalized spacial score (nSPS) is 11.4. The van der Waals surface area contributed by atoms with Crippen LogP contribution in [0.15, 0.2) is 138 Å². The van der Waals surface area contributed by atoms with Gasteiger partial charge in [-0.1, -0.05) is 84.4 Å². The van der Waals surface area contributed by atoms with E-state index in [1.54, 1.807) is 47.0 Å². The van der Waals surface area contributed by atoms with Crippen molar-refractivity contribution in [1.82, 2.24) is 9.88 Å². The molecular weight excluding hydrogens is 566 g/mol. The maximum atomic E-state index is 13.4. The van der Waals surface area contributed by atoms with Gasteiger partial charge in [0.15, 0.2) is 0 Å². The molecule has 0 aliphatic rings. The van der Waals surface area contributed by atoms with Crippen molar-refractivity contribution in [3.63, 3.8) is 0 Å². The van der Waals surface area contributed by atoms with Gasteiger partial charge >= 0.3 is 0 Å². The van der Waals surface area contributed by atoms with E-state index in [1.807, 2.05) is 97.9 Å². The zero-order chi connectivity index (χ0) is 30.5. The Morgan fingerprint density at radius 2 is 1.30 bits per heavy atom. The highest BCUT2D eigenvalue weighted by molar-refractivity contribution is 8.00. The summed E-state index contributed by atoms with van der Waals surface area (Å²) in [5.41, 5.74) is 4.81. The Morgan fingerprint density at radius 3 is 1.93 bits per heavy atom. The summed E-state index contributed by atoms with van der Waals surface area (Å²) in [6, 6.07) is 39.6. The largest absolute Gasteiger partial charge is 0.321 e. The molecule has 0 spiro atoms. The average molecular weight is 596 g/mol. The molecule has 1 aromatic heterocycles. The first kappa shape index (κ1) is 28.7. The van der Waals surface area contributed by atoms with Crippen molar-refractivity contribution in [2.45, 2.75) is 11.8 Å². The van der Waals surface area contributed by atoms with Crippen LogP contribution in [0.4, 0.5) is 5.69 Å². The van der Waals surface area contributed by atoms with Gasteiger partial charge in [-0.3, -0.25) is 19.0 Å². The number of anilines is 1. The fourth-order valence-electron chi connectivity index (χ4n) is 5.01. The van der Waals surface area contributed by atoms with Gasteiger partial charge in [0.1, 0.15) is 5.70 Å². The molecule has 6 nitrogen and oxygen atoms in total. The predicted molar refractivity (Wildman–Crippen MR) is 179 cm³/mol. The quantitative estimate of drug-likeness (QED) is 0.138. The summed E-state index contributed by atoms with van der Waals surface area (Å²) in [4.78, 5) is 40.5. The number of fused-ring (bicyclic) bond motifs is 3. The molecule has 0 aliphatic heterocycles. The van der Waals surface area contributed by atoms with Gasteiger partial charge in [0.2, 0.25) is 5.91 Å². The molecule has 2 N–H and O–H groups in total. The number of benzene rings is 5. The molecule has 0 atom stereocenters. The van der Waals surface area contributed by atoms with E-state index in [0.717, 1.165) is 37.8 Å². The number of amides is 2.